The molecule has 1 aromatic carbocycles. The van der Waals surface area contributed by atoms with Crippen LogP contribution in [0, 0.1) is 18.7 Å². The Balaban J connectivity index is 2.70. The van der Waals surface area contributed by atoms with Crippen LogP contribution < -0.4 is 4.73 Å². The Labute approximate surface area is 94.0 Å². The van der Waals surface area contributed by atoms with Crippen molar-refractivity contribution in [1.82, 2.24) is 0 Å². The Morgan fingerprint density at radius 2 is 1.81 bits per heavy atom. The maximum absolute atomic E-state index is 11.9. The van der Waals surface area contributed by atoms with E-state index in [1.165, 1.54) is 0 Å². The van der Waals surface area contributed by atoms with Crippen molar-refractivity contribution < 1.29 is 4.73 Å². The van der Waals surface area contributed by atoms with E-state index in [0.29, 0.717) is 10.4 Å². The molecular weight excluding hydrogens is 200 g/mol. The molecule has 0 saturated carbocycles. The van der Waals surface area contributed by atoms with Crippen LogP contribution in [0.1, 0.15) is 5.56 Å². The molecule has 0 aliphatic carbocycles. The van der Waals surface area contributed by atoms with E-state index >= 15 is 0 Å². The van der Waals surface area contributed by atoms with Crippen molar-refractivity contribution in [2.24, 2.45) is 0 Å². The van der Waals surface area contributed by atoms with Crippen LogP contribution in [0.5, 0.6) is 0 Å². The number of rotatable bonds is 1. The van der Waals surface area contributed by atoms with Crippen molar-refractivity contribution >= 4 is 5.82 Å². The van der Waals surface area contributed by atoms with Gasteiger partial charge in [-0.1, -0.05) is 24.3 Å². The molecule has 78 valence electrons. The van der Waals surface area contributed by atoms with E-state index in [9.17, 15) is 5.21 Å². The van der Waals surface area contributed by atoms with Crippen molar-refractivity contribution in [2.45, 2.75) is 6.92 Å². The number of pyridine rings is 1. The normalized spacial score (nSPS) is 9.75. The minimum absolute atomic E-state index is 0.101. The highest BCUT2D eigenvalue weighted by Crippen LogP contribution is 2.21. The molecule has 0 aliphatic rings. The monoisotopic (exact) mass is 210 g/mol. The summed E-state index contributed by atoms with van der Waals surface area (Å²) in [6.45, 7) is 8.78. The summed E-state index contributed by atoms with van der Waals surface area (Å²) in [7, 11) is 0. The second-order valence-corrected chi connectivity index (χ2v) is 3.50. The molecule has 0 fully saturated rings. The summed E-state index contributed by atoms with van der Waals surface area (Å²) < 4.78 is 0.692. The van der Waals surface area contributed by atoms with E-state index in [0.717, 1.165) is 11.1 Å². The minimum Gasteiger partial charge on any atom is -0.629 e. The topological polar surface area (TPSA) is 31.3 Å². The lowest BCUT2D eigenvalue weighted by Gasteiger charge is -2.08. The summed E-state index contributed by atoms with van der Waals surface area (Å²) in [4.78, 5) is 3.20. The van der Waals surface area contributed by atoms with Gasteiger partial charge in [0.05, 0.1) is 0 Å². The molecule has 1 aromatic heterocycles. The Morgan fingerprint density at radius 3 is 2.44 bits per heavy atom. The average Bonchev–Trinajstić information content (AvgIpc) is 2.31. The van der Waals surface area contributed by atoms with Gasteiger partial charge >= 0.3 is 5.82 Å². The van der Waals surface area contributed by atoms with E-state index in [-0.39, 0.29) is 5.82 Å². The standard InChI is InChI=1S/C13H10N2O/c1-10-8-9-12(14-2)15(16)13(10)11-6-4-3-5-7-11/h3-9H,1H3. The number of nitrogens with zero attached hydrogens (tertiary/aromatic N) is 2. The summed E-state index contributed by atoms with van der Waals surface area (Å²) in [6, 6.07) is 12.7. The number of hydrogen-bond acceptors (Lipinski definition) is 1. The lowest BCUT2D eigenvalue weighted by atomic mass is 10.1. The molecule has 0 amide bonds. The van der Waals surface area contributed by atoms with Crippen molar-refractivity contribution in [1.29, 1.82) is 0 Å². The summed E-state index contributed by atoms with van der Waals surface area (Å²) in [5, 5.41) is 11.9. The predicted molar refractivity (Wildman–Crippen MR) is 61.8 cm³/mol. The number of aryl methyl sites for hydroxylation is 1. The fourth-order valence-electron chi connectivity index (χ4n) is 1.64. The molecule has 2 rings (SSSR count). The summed E-state index contributed by atoms with van der Waals surface area (Å²) in [5.74, 6) is 0.101. The lowest BCUT2D eigenvalue weighted by molar-refractivity contribution is -0.577. The largest absolute Gasteiger partial charge is 0.629 e. The Hall–Kier alpha value is -2.34. The third-order valence-electron chi connectivity index (χ3n) is 2.43. The Bertz CT molecular complexity index is 556. The van der Waals surface area contributed by atoms with Gasteiger partial charge in [-0.25, -0.2) is 0 Å². The van der Waals surface area contributed by atoms with Crippen LogP contribution in [-0.2, 0) is 0 Å². The highest BCUT2D eigenvalue weighted by Gasteiger charge is 2.15. The van der Waals surface area contributed by atoms with E-state index < -0.39 is 0 Å². The first-order valence-corrected chi connectivity index (χ1v) is 4.90. The molecule has 0 unspecified atom stereocenters. The predicted octanol–water partition coefficient (Wildman–Crippen LogP) is 2.85. The van der Waals surface area contributed by atoms with Crippen LogP contribution in [0.2, 0.25) is 0 Å². The van der Waals surface area contributed by atoms with E-state index in [1.807, 2.05) is 37.3 Å². The molecule has 0 aliphatic heterocycles. The fraction of sp³-hybridized carbons (Fsp3) is 0.0769. The Morgan fingerprint density at radius 1 is 1.12 bits per heavy atom. The van der Waals surface area contributed by atoms with Crippen LogP contribution in [0.25, 0.3) is 16.1 Å². The highest BCUT2D eigenvalue weighted by molar-refractivity contribution is 5.61. The summed E-state index contributed by atoms with van der Waals surface area (Å²) in [5.41, 5.74) is 2.25. The number of benzene rings is 1. The molecule has 0 bridgehead atoms. The van der Waals surface area contributed by atoms with Crippen LogP contribution in [0.3, 0.4) is 0 Å². The van der Waals surface area contributed by atoms with E-state index in [4.69, 9.17) is 6.57 Å². The maximum Gasteiger partial charge on any atom is 0.430 e. The minimum atomic E-state index is 0.101. The van der Waals surface area contributed by atoms with Gasteiger partial charge in [-0.15, -0.1) is 0 Å². The summed E-state index contributed by atoms with van der Waals surface area (Å²) >= 11 is 0. The smallest absolute Gasteiger partial charge is 0.430 e. The van der Waals surface area contributed by atoms with Crippen molar-refractivity contribution in [3.63, 3.8) is 0 Å². The molecule has 3 heteroatoms. The van der Waals surface area contributed by atoms with Crippen LogP contribution in [-0.4, -0.2) is 0 Å². The van der Waals surface area contributed by atoms with Crippen LogP contribution in [0.4, 0.5) is 5.82 Å². The number of hydrogen-bond donors (Lipinski definition) is 0. The first-order valence-electron chi connectivity index (χ1n) is 4.90. The van der Waals surface area contributed by atoms with Gasteiger partial charge in [0.15, 0.2) is 0 Å². The van der Waals surface area contributed by atoms with Gasteiger partial charge in [0.25, 0.3) is 0 Å². The van der Waals surface area contributed by atoms with Gasteiger partial charge in [0, 0.05) is 17.2 Å². The quantitative estimate of drug-likeness (QED) is 0.404. The molecule has 0 atom stereocenters. The van der Waals surface area contributed by atoms with E-state index in [2.05, 4.69) is 4.85 Å². The van der Waals surface area contributed by atoms with Gasteiger partial charge in [0.1, 0.15) is 6.57 Å². The zero-order valence-electron chi connectivity index (χ0n) is 8.84. The summed E-state index contributed by atoms with van der Waals surface area (Å²) in [6.07, 6.45) is 0. The van der Waals surface area contributed by atoms with Crippen LogP contribution in [0.15, 0.2) is 42.5 Å². The third-order valence-corrected chi connectivity index (χ3v) is 2.43. The second kappa shape index (κ2) is 4.03. The van der Waals surface area contributed by atoms with Crippen molar-refractivity contribution in [3.05, 3.63) is 64.7 Å². The molecule has 0 radical (unpaired) electrons. The molecule has 16 heavy (non-hydrogen) atoms. The first kappa shape index (κ1) is 10.2. The SMILES string of the molecule is [C-]#[N+]c1ccc(C)c(-c2ccccc2)[n+]1[O-]. The van der Waals surface area contributed by atoms with Crippen LogP contribution >= 0.6 is 0 Å². The zero-order valence-corrected chi connectivity index (χ0v) is 8.84. The first-order chi connectivity index (χ1) is 7.74. The van der Waals surface area contributed by atoms with Gasteiger partial charge in [0.2, 0.25) is 5.69 Å². The molecule has 0 N–H and O–H groups in total. The Kier molecular flexibility index (Phi) is 2.57. The molecular formula is C13H10N2O. The molecule has 1 heterocycles. The second-order valence-electron chi connectivity index (χ2n) is 3.50. The average molecular weight is 210 g/mol. The zero-order chi connectivity index (χ0) is 11.5. The molecule has 0 spiro atoms. The lowest BCUT2D eigenvalue weighted by Crippen LogP contribution is -2.30. The maximum atomic E-state index is 11.9. The van der Waals surface area contributed by atoms with Gasteiger partial charge in [-0.05, 0) is 19.1 Å². The highest BCUT2D eigenvalue weighted by atomic mass is 16.5. The molecule has 3 nitrogen and oxygen atoms in total. The number of aromatic nitrogens is 1. The molecule has 2 aromatic rings. The molecule has 0 saturated heterocycles. The van der Waals surface area contributed by atoms with Gasteiger partial charge in [-0.2, -0.15) is 9.58 Å². The van der Waals surface area contributed by atoms with Crippen molar-refractivity contribution in [2.75, 3.05) is 0 Å². The van der Waals surface area contributed by atoms with E-state index in [1.54, 1.807) is 12.1 Å². The van der Waals surface area contributed by atoms with Gasteiger partial charge < -0.3 is 5.21 Å². The third kappa shape index (κ3) is 1.61. The fourth-order valence-corrected chi connectivity index (χ4v) is 1.64. The van der Waals surface area contributed by atoms with Crippen molar-refractivity contribution in [3.8, 4) is 11.3 Å². The van der Waals surface area contributed by atoms with Gasteiger partial charge in [-0.3, -0.25) is 0 Å².